The smallest absolute Gasteiger partial charge is 0.243 e. The molecule has 0 spiro atoms. The zero-order valence-electron chi connectivity index (χ0n) is 16.7. The lowest BCUT2D eigenvalue weighted by atomic mass is 10.1. The Labute approximate surface area is 171 Å². The molecule has 2 aromatic carbocycles. The fraction of sp³-hybridized carbons (Fsp3) is 0.333. The van der Waals surface area contributed by atoms with Gasteiger partial charge in [0, 0.05) is 19.5 Å². The number of para-hydroxylation sites is 2. The van der Waals surface area contributed by atoms with Crippen molar-refractivity contribution in [2.24, 2.45) is 0 Å². The number of imidazole rings is 1. The summed E-state index contributed by atoms with van der Waals surface area (Å²) in [5, 5.41) is 2.86. The Morgan fingerprint density at radius 3 is 2.41 bits per heavy atom. The molecule has 154 valence electrons. The van der Waals surface area contributed by atoms with E-state index >= 15 is 0 Å². The highest BCUT2D eigenvalue weighted by Crippen LogP contribution is 2.17. The first-order valence-corrected chi connectivity index (χ1v) is 11.2. The summed E-state index contributed by atoms with van der Waals surface area (Å²) in [6.45, 7) is 4.85. The normalized spacial score (nSPS) is 11.8. The molecule has 0 atom stereocenters. The van der Waals surface area contributed by atoms with E-state index < -0.39 is 10.0 Å². The Bertz CT molecular complexity index is 1040. The van der Waals surface area contributed by atoms with Crippen molar-refractivity contribution in [2.75, 3.05) is 13.1 Å². The molecular formula is C21H26N4O3S. The molecule has 0 saturated carbocycles. The zero-order chi connectivity index (χ0) is 20.9. The maximum atomic E-state index is 12.5. The average Bonchev–Trinajstić information content (AvgIpc) is 3.15. The minimum Gasteiger partial charge on any atom is -0.349 e. The third kappa shape index (κ3) is 5.02. The molecule has 3 rings (SSSR count). The molecule has 2 N–H and O–H groups in total. The number of nitrogens with one attached hydrogen (secondary N) is 2. The van der Waals surface area contributed by atoms with Gasteiger partial charge in [0.05, 0.1) is 22.5 Å². The second-order valence-corrected chi connectivity index (χ2v) is 8.65. The number of aromatic amines is 1. The van der Waals surface area contributed by atoms with Crippen LogP contribution in [0.5, 0.6) is 0 Å². The average molecular weight is 415 g/mol. The summed E-state index contributed by atoms with van der Waals surface area (Å²) in [6, 6.07) is 14.5. The number of carbonyl (C=O) groups excluding carboxylic acids is 1. The zero-order valence-corrected chi connectivity index (χ0v) is 17.5. The van der Waals surface area contributed by atoms with E-state index in [0.717, 1.165) is 16.6 Å². The lowest BCUT2D eigenvalue weighted by Gasteiger charge is -2.18. The summed E-state index contributed by atoms with van der Waals surface area (Å²) in [5.41, 5.74) is 2.73. The number of sulfonamides is 1. The van der Waals surface area contributed by atoms with Crippen LogP contribution >= 0.6 is 0 Å². The quantitative estimate of drug-likeness (QED) is 0.563. The molecule has 1 amide bonds. The summed E-state index contributed by atoms with van der Waals surface area (Å²) in [6.07, 6.45) is 0.861. The SMILES string of the molecule is CCN(CC)S(=O)(=O)c1ccc(CCC(=O)NCc2nc3ccccc3[nH]2)cc1. The third-order valence-electron chi connectivity index (χ3n) is 4.80. The topological polar surface area (TPSA) is 95.2 Å². The highest BCUT2D eigenvalue weighted by molar-refractivity contribution is 7.89. The lowest BCUT2D eigenvalue weighted by molar-refractivity contribution is -0.121. The number of hydrogen-bond donors (Lipinski definition) is 2. The van der Waals surface area contributed by atoms with E-state index in [1.807, 2.05) is 38.1 Å². The molecule has 0 saturated heterocycles. The van der Waals surface area contributed by atoms with E-state index in [1.54, 1.807) is 24.3 Å². The molecule has 29 heavy (non-hydrogen) atoms. The van der Waals surface area contributed by atoms with Gasteiger partial charge < -0.3 is 10.3 Å². The number of amides is 1. The molecule has 0 aliphatic heterocycles. The van der Waals surface area contributed by atoms with Crippen molar-refractivity contribution < 1.29 is 13.2 Å². The molecule has 3 aromatic rings. The predicted octanol–water partition coefficient (Wildman–Crippen LogP) is 2.84. The van der Waals surface area contributed by atoms with Crippen molar-refractivity contribution in [1.82, 2.24) is 19.6 Å². The van der Waals surface area contributed by atoms with E-state index in [-0.39, 0.29) is 10.8 Å². The van der Waals surface area contributed by atoms with Crippen LogP contribution in [0.2, 0.25) is 0 Å². The number of fused-ring (bicyclic) bond motifs is 1. The monoisotopic (exact) mass is 414 g/mol. The number of benzene rings is 2. The molecule has 1 aromatic heterocycles. The van der Waals surface area contributed by atoms with Gasteiger partial charge in [0.2, 0.25) is 15.9 Å². The summed E-state index contributed by atoms with van der Waals surface area (Å²) >= 11 is 0. The van der Waals surface area contributed by atoms with Gasteiger partial charge in [-0.2, -0.15) is 4.31 Å². The van der Waals surface area contributed by atoms with Gasteiger partial charge in [0.1, 0.15) is 5.82 Å². The number of aromatic nitrogens is 2. The number of H-pyrrole nitrogens is 1. The summed E-state index contributed by atoms with van der Waals surface area (Å²) < 4.78 is 26.4. The third-order valence-corrected chi connectivity index (χ3v) is 6.86. The Hall–Kier alpha value is -2.71. The van der Waals surface area contributed by atoms with Crippen LogP contribution in [0.25, 0.3) is 11.0 Å². The van der Waals surface area contributed by atoms with Crippen molar-refractivity contribution >= 4 is 27.0 Å². The van der Waals surface area contributed by atoms with E-state index in [2.05, 4.69) is 15.3 Å². The number of rotatable bonds is 9. The van der Waals surface area contributed by atoms with Crippen molar-refractivity contribution in [3.05, 3.63) is 59.9 Å². The number of nitrogens with zero attached hydrogens (tertiary/aromatic N) is 2. The van der Waals surface area contributed by atoms with Gasteiger partial charge in [-0.25, -0.2) is 13.4 Å². The molecular weight excluding hydrogens is 388 g/mol. The molecule has 0 radical (unpaired) electrons. The van der Waals surface area contributed by atoms with Crippen LogP contribution in [-0.4, -0.2) is 41.7 Å². The van der Waals surface area contributed by atoms with Gasteiger partial charge in [0.25, 0.3) is 0 Å². The van der Waals surface area contributed by atoms with Gasteiger partial charge >= 0.3 is 0 Å². The fourth-order valence-corrected chi connectivity index (χ4v) is 4.62. The second-order valence-electron chi connectivity index (χ2n) is 6.71. The molecule has 0 bridgehead atoms. The van der Waals surface area contributed by atoms with E-state index in [1.165, 1.54) is 4.31 Å². The number of aryl methyl sites for hydroxylation is 1. The van der Waals surface area contributed by atoms with Crippen molar-refractivity contribution in [1.29, 1.82) is 0 Å². The van der Waals surface area contributed by atoms with Crippen LogP contribution in [0.4, 0.5) is 0 Å². The van der Waals surface area contributed by atoms with Gasteiger partial charge in [-0.05, 0) is 36.2 Å². The Morgan fingerprint density at radius 2 is 1.76 bits per heavy atom. The van der Waals surface area contributed by atoms with Crippen molar-refractivity contribution in [3.8, 4) is 0 Å². The maximum absolute atomic E-state index is 12.5. The summed E-state index contributed by atoms with van der Waals surface area (Å²) in [4.78, 5) is 20.0. The van der Waals surface area contributed by atoms with Gasteiger partial charge in [-0.3, -0.25) is 4.79 Å². The summed E-state index contributed by atoms with van der Waals surface area (Å²) in [5.74, 6) is 0.635. The van der Waals surface area contributed by atoms with E-state index in [0.29, 0.717) is 38.3 Å². The van der Waals surface area contributed by atoms with Crippen LogP contribution in [0.1, 0.15) is 31.7 Å². The van der Waals surface area contributed by atoms with Crippen molar-refractivity contribution in [2.45, 2.75) is 38.1 Å². The molecule has 0 aliphatic carbocycles. The standard InChI is InChI=1S/C21H26N4O3S/c1-3-25(4-2)29(27,28)17-12-9-16(10-13-17)11-14-21(26)22-15-20-23-18-7-5-6-8-19(18)24-20/h5-10,12-13H,3-4,11,14-15H2,1-2H3,(H,22,26)(H,23,24). The van der Waals surface area contributed by atoms with Gasteiger partial charge in [-0.1, -0.05) is 38.1 Å². The first-order chi connectivity index (χ1) is 13.9. The first kappa shape index (κ1) is 21.0. The first-order valence-electron chi connectivity index (χ1n) is 9.73. The molecule has 7 nitrogen and oxygen atoms in total. The van der Waals surface area contributed by atoms with Gasteiger partial charge in [0.15, 0.2) is 0 Å². The maximum Gasteiger partial charge on any atom is 0.243 e. The van der Waals surface area contributed by atoms with Gasteiger partial charge in [-0.15, -0.1) is 0 Å². The van der Waals surface area contributed by atoms with Crippen LogP contribution in [0, 0.1) is 0 Å². The Kier molecular flexibility index (Phi) is 6.66. The van der Waals surface area contributed by atoms with Crippen LogP contribution < -0.4 is 5.32 Å². The molecule has 1 heterocycles. The highest BCUT2D eigenvalue weighted by Gasteiger charge is 2.21. The van der Waals surface area contributed by atoms with Crippen LogP contribution in [-0.2, 0) is 27.8 Å². The molecule has 0 fully saturated rings. The predicted molar refractivity (Wildman–Crippen MR) is 113 cm³/mol. The van der Waals surface area contributed by atoms with Crippen LogP contribution in [0.3, 0.4) is 0 Å². The Balaban J connectivity index is 1.52. The molecule has 8 heteroatoms. The van der Waals surface area contributed by atoms with E-state index in [4.69, 9.17) is 0 Å². The molecule has 0 aliphatic rings. The van der Waals surface area contributed by atoms with Crippen LogP contribution in [0.15, 0.2) is 53.4 Å². The minimum absolute atomic E-state index is 0.0784. The lowest BCUT2D eigenvalue weighted by Crippen LogP contribution is -2.30. The molecule has 0 unspecified atom stereocenters. The highest BCUT2D eigenvalue weighted by atomic mass is 32.2. The fourth-order valence-electron chi connectivity index (χ4n) is 3.16. The number of hydrogen-bond acceptors (Lipinski definition) is 4. The summed E-state index contributed by atoms with van der Waals surface area (Å²) in [7, 11) is -3.46. The minimum atomic E-state index is -3.46. The largest absolute Gasteiger partial charge is 0.349 e. The Morgan fingerprint density at radius 1 is 1.07 bits per heavy atom. The van der Waals surface area contributed by atoms with Crippen molar-refractivity contribution in [3.63, 3.8) is 0 Å². The number of carbonyl (C=O) groups is 1. The second kappa shape index (κ2) is 9.19. The van der Waals surface area contributed by atoms with E-state index in [9.17, 15) is 13.2 Å².